The summed E-state index contributed by atoms with van der Waals surface area (Å²) in [7, 11) is 0. The first kappa shape index (κ1) is 26.3. The van der Waals surface area contributed by atoms with Gasteiger partial charge in [-0.2, -0.15) is 0 Å². The van der Waals surface area contributed by atoms with E-state index in [9.17, 15) is 9.18 Å². The lowest BCUT2D eigenvalue weighted by molar-refractivity contribution is 0.209. The molecule has 1 N–H and O–H groups in total. The Bertz CT molecular complexity index is 1750. The van der Waals surface area contributed by atoms with Gasteiger partial charge < -0.3 is 4.57 Å². The average Bonchev–Trinajstić information content (AvgIpc) is 3.53. The highest BCUT2D eigenvalue weighted by Gasteiger charge is 2.38. The fourth-order valence-electron chi connectivity index (χ4n) is 5.63. The minimum absolute atomic E-state index is 0.0649. The number of aromatic nitrogens is 6. The number of nitrogens with zero attached hydrogens (tertiary/aromatic N) is 5. The molecule has 1 fully saturated rings. The van der Waals surface area contributed by atoms with Crippen molar-refractivity contribution in [3.05, 3.63) is 81.6 Å². The highest BCUT2D eigenvalue weighted by atomic mass is 35.5. The van der Waals surface area contributed by atoms with E-state index in [0.717, 1.165) is 25.7 Å². The van der Waals surface area contributed by atoms with Gasteiger partial charge >= 0.3 is 5.76 Å². The number of imidazole rings is 1. The van der Waals surface area contributed by atoms with Gasteiger partial charge in [0.1, 0.15) is 11.5 Å². The standard InChI is InChI=1S/C29H27ClF2N6O2/c1-16-7-9-17(10-8-16)15-38-25-22(35-27(38)29(2,32)20-5-3-4-6-21(20)31)12-23(26-36-28(39)40-37-26)34-24(25)18-11-19(30)14-33-13-18/h3-6,11-14,16-17H,7-10,15H2,1-2H3,(H,36,37,39)/t16?,17?,29-/m1/s1. The molecule has 4 aromatic heterocycles. The van der Waals surface area contributed by atoms with E-state index in [1.807, 2.05) is 4.57 Å². The Kier molecular flexibility index (Phi) is 6.74. The minimum Gasteiger partial charge on any atom is -0.323 e. The number of nitrogens with one attached hydrogen (secondary N) is 1. The third kappa shape index (κ3) is 4.81. The SMILES string of the molecule is CC1CCC(Cn2c([C@](C)(F)c3ccccc3F)nc3cc(-c4noc(=O)[nH]4)nc(-c4cncc(Cl)c4)c32)CC1. The van der Waals surface area contributed by atoms with Gasteiger partial charge in [0.25, 0.3) is 0 Å². The summed E-state index contributed by atoms with van der Waals surface area (Å²) in [4.78, 5) is 28.0. The van der Waals surface area contributed by atoms with E-state index in [4.69, 9.17) is 26.1 Å². The molecule has 0 radical (unpaired) electrons. The highest BCUT2D eigenvalue weighted by Crippen LogP contribution is 2.41. The molecule has 1 aliphatic carbocycles. The van der Waals surface area contributed by atoms with Crippen molar-refractivity contribution in [3.63, 3.8) is 0 Å². The van der Waals surface area contributed by atoms with Gasteiger partial charge in [0, 0.05) is 30.1 Å². The molecule has 206 valence electrons. The number of halogens is 3. The van der Waals surface area contributed by atoms with Crippen LogP contribution in [0.3, 0.4) is 0 Å². The number of H-pyrrole nitrogens is 1. The molecule has 4 heterocycles. The second kappa shape index (κ2) is 10.2. The number of hydrogen-bond acceptors (Lipinski definition) is 6. The van der Waals surface area contributed by atoms with E-state index >= 15 is 4.39 Å². The molecule has 0 bridgehead atoms. The number of benzene rings is 1. The molecule has 1 saturated carbocycles. The van der Waals surface area contributed by atoms with Crippen molar-refractivity contribution in [2.75, 3.05) is 0 Å². The van der Waals surface area contributed by atoms with Crippen molar-refractivity contribution in [2.45, 2.75) is 51.7 Å². The Hall–Kier alpha value is -3.92. The van der Waals surface area contributed by atoms with Crippen LogP contribution < -0.4 is 5.76 Å². The Morgan fingerprint density at radius 1 is 1.15 bits per heavy atom. The summed E-state index contributed by atoms with van der Waals surface area (Å²) in [6, 6.07) is 9.14. The van der Waals surface area contributed by atoms with Gasteiger partial charge in [-0.3, -0.25) is 14.5 Å². The van der Waals surface area contributed by atoms with E-state index in [1.54, 1.807) is 24.4 Å². The lowest BCUT2D eigenvalue weighted by Gasteiger charge is -2.29. The van der Waals surface area contributed by atoms with Gasteiger partial charge in [0.15, 0.2) is 11.5 Å². The largest absolute Gasteiger partial charge is 0.439 e. The number of fused-ring (bicyclic) bond motifs is 1. The third-order valence-corrected chi connectivity index (χ3v) is 7.97. The molecule has 11 heteroatoms. The molecule has 5 aromatic rings. The summed E-state index contributed by atoms with van der Waals surface area (Å²) in [6.07, 6.45) is 7.25. The van der Waals surface area contributed by atoms with Gasteiger partial charge in [0.05, 0.1) is 21.7 Å². The molecule has 1 aromatic carbocycles. The van der Waals surface area contributed by atoms with Gasteiger partial charge in [0.2, 0.25) is 5.82 Å². The van der Waals surface area contributed by atoms with Crippen LogP contribution in [0, 0.1) is 17.7 Å². The first-order valence-electron chi connectivity index (χ1n) is 13.2. The molecule has 1 atom stereocenters. The van der Waals surface area contributed by atoms with E-state index in [1.165, 1.54) is 31.3 Å². The van der Waals surface area contributed by atoms with Crippen molar-refractivity contribution in [1.29, 1.82) is 0 Å². The predicted octanol–water partition coefficient (Wildman–Crippen LogP) is 6.69. The molecule has 8 nitrogen and oxygen atoms in total. The summed E-state index contributed by atoms with van der Waals surface area (Å²) in [5, 5.41) is 4.17. The maximum absolute atomic E-state index is 16.9. The molecule has 0 amide bonds. The molecule has 0 unspecified atom stereocenters. The van der Waals surface area contributed by atoms with Crippen LogP contribution in [-0.4, -0.2) is 29.7 Å². The van der Waals surface area contributed by atoms with E-state index in [-0.39, 0.29) is 28.8 Å². The van der Waals surface area contributed by atoms with E-state index in [0.29, 0.717) is 39.8 Å². The predicted molar refractivity (Wildman–Crippen MR) is 147 cm³/mol. The Labute approximate surface area is 233 Å². The average molecular weight is 565 g/mol. The van der Waals surface area contributed by atoms with Crippen molar-refractivity contribution in [3.8, 4) is 22.8 Å². The molecule has 0 saturated heterocycles. The van der Waals surface area contributed by atoms with E-state index < -0.39 is 17.2 Å². The van der Waals surface area contributed by atoms with Crippen LogP contribution in [0.4, 0.5) is 8.78 Å². The lowest BCUT2D eigenvalue weighted by atomic mass is 9.83. The molecule has 0 aliphatic heterocycles. The van der Waals surface area contributed by atoms with Crippen molar-refractivity contribution < 1.29 is 13.3 Å². The summed E-state index contributed by atoms with van der Waals surface area (Å²) >= 11 is 6.30. The second-order valence-electron chi connectivity index (χ2n) is 10.7. The lowest BCUT2D eigenvalue weighted by Crippen LogP contribution is -2.27. The zero-order valence-electron chi connectivity index (χ0n) is 22.0. The number of hydrogen-bond donors (Lipinski definition) is 1. The van der Waals surface area contributed by atoms with Gasteiger partial charge in [-0.15, -0.1) is 0 Å². The summed E-state index contributed by atoms with van der Waals surface area (Å²) < 4.78 is 38.4. The van der Waals surface area contributed by atoms with Crippen LogP contribution in [-0.2, 0) is 12.2 Å². The normalized spacial score (nSPS) is 19.1. The smallest absolute Gasteiger partial charge is 0.323 e. The van der Waals surface area contributed by atoms with E-state index in [2.05, 4.69) is 22.0 Å². The van der Waals surface area contributed by atoms with Crippen LogP contribution in [0.1, 0.15) is 50.9 Å². The summed E-state index contributed by atoms with van der Waals surface area (Å²) in [5.74, 6) is -0.317. The van der Waals surface area contributed by atoms with Gasteiger partial charge in [-0.25, -0.2) is 23.5 Å². The van der Waals surface area contributed by atoms with Crippen LogP contribution >= 0.6 is 11.6 Å². The van der Waals surface area contributed by atoms with Crippen LogP contribution in [0.25, 0.3) is 33.8 Å². The molecular weight excluding hydrogens is 538 g/mol. The molecule has 1 aliphatic rings. The second-order valence-corrected chi connectivity index (χ2v) is 11.2. The Morgan fingerprint density at radius 2 is 1.93 bits per heavy atom. The maximum Gasteiger partial charge on any atom is 0.439 e. The van der Waals surface area contributed by atoms with Crippen molar-refractivity contribution in [2.24, 2.45) is 11.8 Å². The first-order chi connectivity index (χ1) is 19.2. The number of pyridine rings is 2. The quantitative estimate of drug-likeness (QED) is 0.246. The van der Waals surface area contributed by atoms with Crippen LogP contribution in [0.5, 0.6) is 0 Å². The van der Waals surface area contributed by atoms with Crippen LogP contribution in [0.15, 0.2) is 58.1 Å². The highest BCUT2D eigenvalue weighted by molar-refractivity contribution is 6.30. The molecular formula is C29H27ClF2N6O2. The third-order valence-electron chi connectivity index (χ3n) is 7.76. The zero-order chi connectivity index (χ0) is 28.0. The molecule has 40 heavy (non-hydrogen) atoms. The topological polar surface area (TPSA) is 102 Å². The molecule has 6 rings (SSSR count). The monoisotopic (exact) mass is 564 g/mol. The number of alkyl halides is 1. The van der Waals surface area contributed by atoms with Crippen molar-refractivity contribution in [1.82, 2.24) is 29.7 Å². The Morgan fingerprint density at radius 3 is 2.62 bits per heavy atom. The molecule has 0 spiro atoms. The van der Waals surface area contributed by atoms with Gasteiger partial charge in [-0.05, 0) is 49.8 Å². The van der Waals surface area contributed by atoms with Crippen molar-refractivity contribution >= 4 is 22.6 Å². The fourth-order valence-corrected chi connectivity index (χ4v) is 5.80. The minimum atomic E-state index is -2.27. The zero-order valence-corrected chi connectivity index (χ0v) is 22.8. The summed E-state index contributed by atoms with van der Waals surface area (Å²) in [5.41, 5.74) is -0.138. The maximum atomic E-state index is 16.9. The summed E-state index contributed by atoms with van der Waals surface area (Å²) in [6.45, 7) is 4.06. The number of aromatic amines is 1. The fraction of sp³-hybridized carbons (Fsp3) is 0.345. The Balaban J connectivity index is 1.64. The first-order valence-corrected chi connectivity index (χ1v) is 13.6. The van der Waals surface area contributed by atoms with Gasteiger partial charge in [-0.1, -0.05) is 54.7 Å². The van der Waals surface area contributed by atoms with Crippen LogP contribution in [0.2, 0.25) is 5.02 Å². The number of rotatable bonds is 6.